The van der Waals surface area contributed by atoms with Crippen molar-refractivity contribution in [3.63, 3.8) is 0 Å². The van der Waals surface area contributed by atoms with Crippen LogP contribution >= 0.6 is 0 Å². The Hall–Kier alpha value is -1.85. The largest absolute Gasteiger partial charge is 1.00 e. The van der Waals surface area contributed by atoms with E-state index >= 15 is 0 Å². The summed E-state index contributed by atoms with van der Waals surface area (Å²) in [7, 11) is -8.33. The molecule has 0 radical (unpaired) electrons. The normalized spacial score (nSPS) is 11.9. The Morgan fingerprint density at radius 3 is 2.08 bits per heavy atom. The van der Waals surface area contributed by atoms with Gasteiger partial charge in [-0.05, 0) is 42.6 Å². The van der Waals surface area contributed by atoms with Crippen molar-refractivity contribution >= 4 is 42.4 Å². The predicted molar refractivity (Wildman–Crippen MR) is 121 cm³/mol. The maximum Gasteiger partial charge on any atom is 1.00 e. The van der Waals surface area contributed by atoms with Crippen molar-refractivity contribution in [3.8, 4) is 11.4 Å². The van der Waals surface area contributed by atoms with Crippen LogP contribution in [0.15, 0.2) is 79.4 Å². The SMILES string of the molecule is Cc1c(N=Nc2c([O-])c(S(=O)(=O)O)cc3cc(S(=O)(=O)[O-])ccc23)c(=O)n(-c2ccccc2)n1C.[Na+].[Na+]. The summed E-state index contributed by atoms with van der Waals surface area (Å²) in [6, 6.07) is 12.2. The first kappa shape index (κ1) is 31.4. The predicted octanol–water partition coefficient (Wildman–Crippen LogP) is -3.71. The number of hydrogen-bond donors (Lipinski definition) is 1. The van der Waals surface area contributed by atoms with Gasteiger partial charge < -0.3 is 9.66 Å². The molecule has 0 saturated heterocycles. The van der Waals surface area contributed by atoms with Crippen LogP contribution in [0, 0.1) is 6.92 Å². The maximum atomic E-state index is 13.0. The Morgan fingerprint density at radius 1 is 0.919 bits per heavy atom. The fraction of sp³-hybridized carbons (Fsp3) is 0.0952. The number of fused-ring (bicyclic) bond motifs is 1. The van der Waals surface area contributed by atoms with E-state index in [9.17, 15) is 35.8 Å². The van der Waals surface area contributed by atoms with Crippen LogP contribution in [0.5, 0.6) is 5.75 Å². The molecule has 3 aromatic carbocycles. The molecule has 0 saturated carbocycles. The molecule has 12 nitrogen and oxygen atoms in total. The molecule has 0 unspecified atom stereocenters. The Morgan fingerprint density at radius 2 is 1.51 bits per heavy atom. The first-order valence-electron chi connectivity index (χ1n) is 9.77. The summed E-state index contributed by atoms with van der Waals surface area (Å²) in [5, 5.41) is 20.3. The number of benzene rings is 3. The third-order valence-electron chi connectivity index (χ3n) is 5.34. The van der Waals surface area contributed by atoms with E-state index in [0.29, 0.717) is 11.4 Å². The maximum absolute atomic E-state index is 13.0. The van der Waals surface area contributed by atoms with E-state index in [1.807, 2.05) is 0 Å². The third kappa shape index (κ3) is 6.09. The van der Waals surface area contributed by atoms with Crippen LogP contribution < -0.4 is 69.8 Å². The summed E-state index contributed by atoms with van der Waals surface area (Å²) in [6.45, 7) is 1.59. The van der Waals surface area contributed by atoms with Crippen molar-refractivity contribution in [2.24, 2.45) is 17.3 Å². The van der Waals surface area contributed by atoms with Crippen LogP contribution in [-0.2, 0) is 27.3 Å². The smallest absolute Gasteiger partial charge is 0.870 e. The molecular weight excluding hydrogens is 546 g/mol. The molecule has 16 heteroatoms. The standard InChI is InChI=1S/C21H18N4O8S2.2Na/c1-12-18(21(27)25(24(12)2)14-6-4-3-5-7-14)22-23-19-16-9-8-15(34(28,29)30)10-13(16)11-17(20(19)26)35(31,32)33;;/h3-11,26H,1-2H3,(H,28,29,30)(H,31,32,33);;/q;2*+1/p-2. The van der Waals surface area contributed by atoms with E-state index in [0.717, 1.165) is 24.3 Å². The second-order valence-corrected chi connectivity index (χ2v) is 10.2. The van der Waals surface area contributed by atoms with Crippen molar-refractivity contribution < 1.29 is 90.2 Å². The number of azo groups is 1. The van der Waals surface area contributed by atoms with Gasteiger partial charge in [-0.15, -0.1) is 5.11 Å². The molecule has 0 amide bonds. The summed E-state index contributed by atoms with van der Waals surface area (Å²) in [5.74, 6) is -1.22. The third-order valence-corrected chi connectivity index (χ3v) is 7.03. The number of aromatic nitrogens is 2. The molecule has 37 heavy (non-hydrogen) atoms. The molecule has 1 N–H and O–H groups in total. The van der Waals surface area contributed by atoms with Gasteiger partial charge in [-0.3, -0.25) is 14.0 Å². The molecule has 0 aliphatic carbocycles. The summed E-state index contributed by atoms with van der Waals surface area (Å²) in [4.78, 5) is 11.3. The zero-order valence-electron chi connectivity index (χ0n) is 20.1. The Balaban J connectivity index is 0.00000241. The van der Waals surface area contributed by atoms with Gasteiger partial charge in [0, 0.05) is 12.4 Å². The second kappa shape index (κ2) is 11.5. The first-order chi connectivity index (χ1) is 16.3. The molecule has 0 spiro atoms. The first-order valence-corrected chi connectivity index (χ1v) is 12.6. The fourth-order valence-corrected chi connectivity index (χ4v) is 4.65. The van der Waals surface area contributed by atoms with E-state index in [4.69, 9.17) is 0 Å². The van der Waals surface area contributed by atoms with E-state index in [1.165, 1.54) is 9.36 Å². The van der Waals surface area contributed by atoms with Gasteiger partial charge in [0.2, 0.25) is 0 Å². The van der Waals surface area contributed by atoms with Crippen LogP contribution in [0.4, 0.5) is 11.4 Å². The summed E-state index contributed by atoms with van der Waals surface area (Å²) < 4.78 is 70.0. The second-order valence-electron chi connectivity index (χ2n) is 7.47. The molecule has 1 heterocycles. The molecular formula is C21H16N4Na2O8S2. The van der Waals surface area contributed by atoms with Gasteiger partial charge in [-0.25, -0.2) is 13.1 Å². The summed E-state index contributed by atoms with van der Waals surface area (Å²) in [6.07, 6.45) is 0. The van der Waals surface area contributed by atoms with E-state index in [-0.39, 0.29) is 75.6 Å². The Bertz CT molecular complexity index is 1800. The Kier molecular flexibility index (Phi) is 9.74. The van der Waals surface area contributed by atoms with E-state index in [2.05, 4.69) is 10.2 Å². The molecule has 182 valence electrons. The topological polar surface area (TPSA) is 186 Å². The van der Waals surface area contributed by atoms with Gasteiger partial charge in [0.15, 0.2) is 5.69 Å². The van der Waals surface area contributed by atoms with Gasteiger partial charge >= 0.3 is 59.1 Å². The fourth-order valence-electron chi connectivity index (χ4n) is 3.54. The van der Waals surface area contributed by atoms with Gasteiger partial charge in [0.05, 0.1) is 26.9 Å². The van der Waals surface area contributed by atoms with Crippen LogP contribution in [0.1, 0.15) is 5.69 Å². The van der Waals surface area contributed by atoms with Crippen LogP contribution in [0.25, 0.3) is 16.5 Å². The Labute approximate surface area is 255 Å². The molecule has 0 bridgehead atoms. The van der Waals surface area contributed by atoms with Crippen molar-refractivity contribution in [2.75, 3.05) is 0 Å². The molecule has 0 atom stereocenters. The van der Waals surface area contributed by atoms with E-state index in [1.54, 1.807) is 44.3 Å². The number of para-hydroxylation sites is 1. The summed E-state index contributed by atoms with van der Waals surface area (Å²) >= 11 is 0. The van der Waals surface area contributed by atoms with Crippen LogP contribution in [-0.4, -0.2) is 35.3 Å². The van der Waals surface area contributed by atoms with Gasteiger partial charge in [-0.1, -0.05) is 30.0 Å². The molecule has 1 aromatic heterocycles. The quantitative estimate of drug-likeness (QED) is 0.146. The minimum absolute atomic E-state index is 0. The van der Waals surface area contributed by atoms with Crippen molar-refractivity contribution in [2.45, 2.75) is 16.7 Å². The molecule has 0 fully saturated rings. The van der Waals surface area contributed by atoms with Gasteiger partial charge in [-0.2, -0.15) is 13.5 Å². The number of nitrogens with zero attached hydrogens (tertiary/aromatic N) is 4. The van der Waals surface area contributed by atoms with Crippen molar-refractivity contribution in [3.05, 3.63) is 70.6 Å². The zero-order chi connectivity index (χ0) is 25.7. The minimum Gasteiger partial charge on any atom is -0.870 e. The minimum atomic E-state index is -5.05. The van der Waals surface area contributed by atoms with Crippen molar-refractivity contribution in [1.82, 2.24) is 9.36 Å². The number of hydrogen-bond acceptors (Lipinski definition) is 9. The average Bonchev–Trinajstić information content (AvgIpc) is 2.99. The van der Waals surface area contributed by atoms with Crippen LogP contribution in [0.3, 0.4) is 0 Å². The van der Waals surface area contributed by atoms with Crippen LogP contribution in [0.2, 0.25) is 0 Å². The molecule has 4 rings (SSSR count). The van der Waals surface area contributed by atoms with Gasteiger partial charge in [0.25, 0.3) is 15.7 Å². The number of rotatable bonds is 5. The van der Waals surface area contributed by atoms with Crippen molar-refractivity contribution in [1.29, 1.82) is 0 Å². The monoisotopic (exact) mass is 562 g/mol. The zero-order valence-corrected chi connectivity index (χ0v) is 25.7. The average molecular weight is 562 g/mol. The summed E-state index contributed by atoms with van der Waals surface area (Å²) in [5.41, 5.74) is -0.356. The van der Waals surface area contributed by atoms with Gasteiger partial charge in [0.1, 0.15) is 10.1 Å². The molecule has 0 aliphatic heterocycles. The van der Waals surface area contributed by atoms with E-state index < -0.39 is 47.0 Å². The molecule has 0 aliphatic rings. The molecule has 4 aromatic rings.